The van der Waals surface area contributed by atoms with Crippen LogP contribution >= 0.6 is 0 Å². The minimum Gasteiger partial charge on any atom is -0.467 e. The van der Waals surface area contributed by atoms with Gasteiger partial charge in [0.15, 0.2) is 0 Å². The molecule has 1 saturated heterocycles. The van der Waals surface area contributed by atoms with E-state index >= 15 is 0 Å². The quantitative estimate of drug-likeness (QED) is 0.814. The highest BCUT2D eigenvalue weighted by Gasteiger charge is 2.22. The molecule has 0 spiro atoms. The predicted molar refractivity (Wildman–Crippen MR) is 60.9 cm³/mol. The summed E-state index contributed by atoms with van der Waals surface area (Å²) in [4.78, 5) is 11.9. The predicted octanol–water partition coefficient (Wildman–Crippen LogP) is 1.46. The van der Waals surface area contributed by atoms with E-state index in [4.69, 9.17) is 4.42 Å². The third-order valence-electron chi connectivity index (χ3n) is 3.00. The molecule has 0 bridgehead atoms. The molecule has 1 aromatic rings. The van der Waals surface area contributed by atoms with Crippen LogP contribution in [0.2, 0.25) is 0 Å². The standard InChI is InChI=1S/C12H18N2O2/c1-9(11-5-3-7-16-11)14-12(15)10-4-2-6-13-8-10/h3,5,7,9-10,13H,2,4,6,8H2,1H3,(H,14,15)/t9-,10?/m0/s1. The van der Waals surface area contributed by atoms with Gasteiger partial charge >= 0.3 is 0 Å². The first kappa shape index (κ1) is 11.2. The number of hydrogen-bond donors (Lipinski definition) is 2. The smallest absolute Gasteiger partial charge is 0.224 e. The number of furan rings is 1. The Morgan fingerprint density at radius 3 is 3.19 bits per heavy atom. The molecular weight excluding hydrogens is 204 g/mol. The highest BCUT2D eigenvalue weighted by Crippen LogP contribution is 2.15. The second-order valence-electron chi connectivity index (χ2n) is 4.29. The molecule has 4 heteroatoms. The monoisotopic (exact) mass is 222 g/mol. The van der Waals surface area contributed by atoms with Crippen molar-refractivity contribution in [2.75, 3.05) is 13.1 Å². The van der Waals surface area contributed by atoms with Gasteiger partial charge in [-0.15, -0.1) is 0 Å². The normalized spacial score (nSPS) is 22.7. The van der Waals surface area contributed by atoms with E-state index in [1.807, 2.05) is 19.1 Å². The zero-order chi connectivity index (χ0) is 11.4. The molecule has 1 amide bonds. The first-order chi connectivity index (χ1) is 7.77. The first-order valence-electron chi connectivity index (χ1n) is 5.82. The molecule has 0 saturated carbocycles. The third kappa shape index (κ3) is 2.64. The van der Waals surface area contributed by atoms with Crippen LogP contribution in [0.3, 0.4) is 0 Å². The van der Waals surface area contributed by atoms with Crippen LogP contribution in [0, 0.1) is 5.92 Å². The summed E-state index contributed by atoms with van der Waals surface area (Å²) in [5.41, 5.74) is 0. The van der Waals surface area contributed by atoms with E-state index in [1.165, 1.54) is 0 Å². The molecule has 4 nitrogen and oxygen atoms in total. The van der Waals surface area contributed by atoms with Crippen LogP contribution < -0.4 is 10.6 Å². The van der Waals surface area contributed by atoms with E-state index in [9.17, 15) is 4.79 Å². The van der Waals surface area contributed by atoms with Crippen molar-refractivity contribution in [3.63, 3.8) is 0 Å². The third-order valence-corrected chi connectivity index (χ3v) is 3.00. The Kier molecular flexibility index (Phi) is 3.62. The molecular formula is C12H18N2O2. The van der Waals surface area contributed by atoms with Crippen LogP contribution in [-0.4, -0.2) is 19.0 Å². The van der Waals surface area contributed by atoms with Gasteiger partial charge in [0, 0.05) is 6.54 Å². The molecule has 1 aromatic heterocycles. The van der Waals surface area contributed by atoms with Crippen LogP contribution in [0.15, 0.2) is 22.8 Å². The van der Waals surface area contributed by atoms with Crippen molar-refractivity contribution in [2.24, 2.45) is 5.92 Å². The van der Waals surface area contributed by atoms with Crippen molar-refractivity contribution in [3.05, 3.63) is 24.2 Å². The van der Waals surface area contributed by atoms with Gasteiger partial charge in [0.2, 0.25) is 5.91 Å². The lowest BCUT2D eigenvalue weighted by Gasteiger charge is -2.23. The molecule has 0 aromatic carbocycles. The molecule has 1 fully saturated rings. The second kappa shape index (κ2) is 5.16. The highest BCUT2D eigenvalue weighted by molar-refractivity contribution is 5.79. The van der Waals surface area contributed by atoms with Crippen molar-refractivity contribution in [1.82, 2.24) is 10.6 Å². The molecule has 1 aliphatic heterocycles. The maximum Gasteiger partial charge on any atom is 0.224 e. The molecule has 0 aliphatic carbocycles. The summed E-state index contributed by atoms with van der Waals surface area (Å²) in [5.74, 6) is 1.03. The molecule has 16 heavy (non-hydrogen) atoms. The topological polar surface area (TPSA) is 54.3 Å². The van der Waals surface area contributed by atoms with Crippen molar-refractivity contribution in [3.8, 4) is 0 Å². The molecule has 0 radical (unpaired) electrons. The Bertz CT molecular complexity index is 329. The van der Waals surface area contributed by atoms with Crippen LogP contribution in [0.1, 0.15) is 31.6 Å². The number of carbonyl (C=O) groups excluding carboxylic acids is 1. The molecule has 2 atom stereocenters. The summed E-state index contributed by atoms with van der Waals surface area (Å²) < 4.78 is 5.25. The van der Waals surface area contributed by atoms with E-state index in [-0.39, 0.29) is 17.9 Å². The minimum absolute atomic E-state index is 0.0515. The zero-order valence-corrected chi connectivity index (χ0v) is 9.53. The summed E-state index contributed by atoms with van der Waals surface area (Å²) in [6.45, 7) is 3.75. The Morgan fingerprint density at radius 1 is 1.69 bits per heavy atom. The number of nitrogens with one attached hydrogen (secondary N) is 2. The fourth-order valence-corrected chi connectivity index (χ4v) is 2.02. The Hall–Kier alpha value is -1.29. The van der Waals surface area contributed by atoms with Crippen LogP contribution in [0.25, 0.3) is 0 Å². The Balaban J connectivity index is 1.86. The van der Waals surface area contributed by atoms with Gasteiger partial charge in [0.25, 0.3) is 0 Å². The lowest BCUT2D eigenvalue weighted by Crippen LogP contribution is -2.41. The molecule has 2 heterocycles. The average Bonchev–Trinajstić information content (AvgIpc) is 2.83. The maximum absolute atomic E-state index is 11.9. The molecule has 1 unspecified atom stereocenters. The lowest BCUT2D eigenvalue weighted by molar-refractivity contribution is -0.126. The van der Waals surface area contributed by atoms with Gasteiger partial charge in [-0.1, -0.05) is 0 Å². The molecule has 2 N–H and O–H groups in total. The van der Waals surface area contributed by atoms with Crippen molar-refractivity contribution in [1.29, 1.82) is 0 Å². The summed E-state index contributed by atoms with van der Waals surface area (Å²) in [7, 11) is 0. The number of amides is 1. The van der Waals surface area contributed by atoms with Gasteiger partial charge in [-0.3, -0.25) is 4.79 Å². The summed E-state index contributed by atoms with van der Waals surface area (Å²) in [6.07, 6.45) is 3.68. The van der Waals surface area contributed by atoms with E-state index in [2.05, 4.69) is 10.6 Å². The average molecular weight is 222 g/mol. The van der Waals surface area contributed by atoms with Gasteiger partial charge in [0.05, 0.1) is 18.2 Å². The van der Waals surface area contributed by atoms with Gasteiger partial charge < -0.3 is 15.1 Å². The van der Waals surface area contributed by atoms with E-state index in [1.54, 1.807) is 6.26 Å². The SMILES string of the molecule is C[C@H](NC(=O)C1CCCNC1)c1ccco1. The van der Waals surface area contributed by atoms with Crippen LogP contribution in [0.5, 0.6) is 0 Å². The van der Waals surface area contributed by atoms with Gasteiger partial charge in [-0.2, -0.15) is 0 Å². The van der Waals surface area contributed by atoms with Crippen LogP contribution in [-0.2, 0) is 4.79 Å². The van der Waals surface area contributed by atoms with Gasteiger partial charge in [-0.05, 0) is 38.4 Å². The summed E-state index contributed by atoms with van der Waals surface area (Å²) in [6, 6.07) is 3.66. The lowest BCUT2D eigenvalue weighted by atomic mass is 9.98. The van der Waals surface area contributed by atoms with E-state index in [0.29, 0.717) is 0 Å². The van der Waals surface area contributed by atoms with E-state index in [0.717, 1.165) is 31.7 Å². The molecule has 1 aliphatic rings. The van der Waals surface area contributed by atoms with Crippen LogP contribution in [0.4, 0.5) is 0 Å². The molecule has 88 valence electrons. The van der Waals surface area contributed by atoms with E-state index < -0.39 is 0 Å². The fraction of sp³-hybridized carbons (Fsp3) is 0.583. The number of carbonyl (C=O) groups is 1. The summed E-state index contributed by atoms with van der Waals surface area (Å²) in [5, 5.41) is 6.22. The first-order valence-corrected chi connectivity index (χ1v) is 5.82. The Labute approximate surface area is 95.4 Å². The maximum atomic E-state index is 11.9. The number of rotatable bonds is 3. The molecule has 2 rings (SSSR count). The van der Waals surface area contributed by atoms with Gasteiger partial charge in [0.1, 0.15) is 5.76 Å². The van der Waals surface area contributed by atoms with Gasteiger partial charge in [-0.25, -0.2) is 0 Å². The highest BCUT2D eigenvalue weighted by atomic mass is 16.3. The van der Waals surface area contributed by atoms with Crippen molar-refractivity contribution < 1.29 is 9.21 Å². The Morgan fingerprint density at radius 2 is 2.56 bits per heavy atom. The number of hydrogen-bond acceptors (Lipinski definition) is 3. The summed E-state index contributed by atoms with van der Waals surface area (Å²) >= 11 is 0. The largest absolute Gasteiger partial charge is 0.467 e. The zero-order valence-electron chi connectivity index (χ0n) is 9.53. The second-order valence-corrected chi connectivity index (χ2v) is 4.29. The van der Waals surface area contributed by atoms with Crippen molar-refractivity contribution >= 4 is 5.91 Å². The fourth-order valence-electron chi connectivity index (χ4n) is 2.02. The number of piperidine rings is 1. The van der Waals surface area contributed by atoms with Crippen molar-refractivity contribution in [2.45, 2.75) is 25.8 Å². The minimum atomic E-state index is -0.0515.